The standard InChI is InChI=1S/C14H27N3/c1-12(2)13-5-9-17(10-6-13)8-4-7-14(3,16)11-15/h12-13H,4-10,16H2,1-3H3. The summed E-state index contributed by atoms with van der Waals surface area (Å²) in [5, 5.41) is 8.84. The Morgan fingerprint density at radius 2 is 2.00 bits per heavy atom. The van der Waals surface area contributed by atoms with Crippen LogP contribution in [0.25, 0.3) is 0 Å². The van der Waals surface area contributed by atoms with Crippen LogP contribution in [-0.4, -0.2) is 30.1 Å². The van der Waals surface area contributed by atoms with Gasteiger partial charge in [-0.2, -0.15) is 5.26 Å². The predicted octanol–water partition coefficient (Wildman–Crippen LogP) is 2.38. The summed E-state index contributed by atoms with van der Waals surface area (Å²) < 4.78 is 0. The number of hydrogen-bond acceptors (Lipinski definition) is 3. The molecule has 1 aliphatic heterocycles. The lowest BCUT2D eigenvalue weighted by Crippen LogP contribution is -2.38. The first-order valence-electron chi connectivity index (χ1n) is 6.87. The molecule has 0 radical (unpaired) electrons. The van der Waals surface area contributed by atoms with E-state index in [1.807, 2.05) is 6.92 Å². The summed E-state index contributed by atoms with van der Waals surface area (Å²) in [6.07, 6.45) is 4.49. The monoisotopic (exact) mass is 237 g/mol. The highest BCUT2D eigenvalue weighted by molar-refractivity contribution is 5.00. The summed E-state index contributed by atoms with van der Waals surface area (Å²) in [5.74, 6) is 1.73. The van der Waals surface area contributed by atoms with Crippen molar-refractivity contribution >= 4 is 0 Å². The van der Waals surface area contributed by atoms with Gasteiger partial charge in [-0.25, -0.2) is 0 Å². The highest BCUT2D eigenvalue weighted by Crippen LogP contribution is 2.24. The zero-order chi connectivity index (χ0) is 12.9. The van der Waals surface area contributed by atoms with Crippen LogP contribution < -0.4 is 5.73 Å². The Morgan fingerprint density at radius 3 is 2.47 bits per heavy atom. The zero-order valence-corrected chi connectivity index (χ0v) is 11.6. The van der Waals surface area contributed by atoms with Gasteiger partial charge in [-0.3, -0.25) is 0 Å². The van der Waals surface area contributed by atoms with Gasteiger partial charge in [0.25, 0.3) is 0 Å². The summed E-state index contributed by atoms with van der Waals surface area (Å²) >= 11 is 0. The third-order valence-electron chi connectivity index (χ3n) is 4.00. The lowest BCUT2D eigenvalue weighted by atomic mass is 9.86. The molecule has 2 N–H and O–H groups in total. The van der Waals surface area contributed by atoms with Crippen LogP contribution >= 0.6 is 0 Å². The van der Waals surface area contributed by atoms with Crippen LogP contribution in [0.2, 0.25) is 0 Å². The average Bonchev–Trinajstić information content (AvgIpc) is 2.29. The van der Waals surface area contributed by atoms with E-state index in [9.17, 15) is 0 Å². The second-order valence-electron chi connectivity index (χ2n) is 6.06. The second kappa shape index (κ2) is 6.37. The van der Waals surface area contributed by atoms with E-state index in [0.717, 1.165) is 31.2 Å². The topological polar surface area (TPSA) is 53.0 Å². The number of likely N-dealkylation sites (tertiary alicyclic amines) is 1. The number of nitrogens with two attached hydrogens (primary N) is 1. The highest BCUT2D eigenvalue weighted by atomic mass is 15.1. The normalized spacial score (nSPS) is 22.4. The van der Waals surface area contributed by atoms with Crippen LogP contribution in [0.15, 0.2) is 0 Å². The van der Waals surface area contributed by atoms with Crippen LogP contribution in [-0.2, 0) is 0 Å². The minimum Gasteiger partial charge on any atom is -0.314 e. The fourth-order valence-electron chi connectivity index (χ4n) is 2.57. The molecule has 0 bridgehead atoms. The van der Waals surface area contributed by atoms with Gasteiger partial charge in [0.15, 0.2) is 0 Å². The molecule has 1 saturated heterocycles. The quantitative estimate of drug-likeness (QED) is 0.798. The van der Waals surface area contributed by atoms with Crippen molar-refractivity contribution in [3.63, 3.8) is 0 Å². The van der Waals surface area contributed by atoms with Gasteiger partial charge in [-0.05, 0) is 64.1 Å². The summed E-state index contributed by atoms with van der Waals surface area (Å²) in [6, 6.07) is 2.16. The summed E-state index contributed by atoms with van der Waals surface area (Å²) in [6.45, 7) is 10.0. The Bertz CT molecular complexity index is 257. The van der Waals surface area contributed by atoms with Crippen LogP contribution in [0.4, 0.5) is 0 Å². The predicted molar refractivity (Wildman–Crippen MR) is 71.4 cm³/mol. The van der Waals surface area contributed by atoms with E-state index in [-0.39, 0.29) is 0 Å². The van der Waals surface area contributed by atoms with Crippen molar-refractivity contribution in [2.24, 2.45) is 17.6 Å². The first-order chi connectivity index (χ1) is 7.94. The fraction of sp³-hybridized carbons (Fsp3) is 0.929. The summed E-state index contributed by atoms with van der Waals surface area (Å²) in [5.41, 5.74) is 5.17. The smallest absolute Gasteiger partial charge is 0.101 e. The molecule has 0 saturated carbocycles. The summed E-state index contributed by atoms with van der Waals surface area (Å²) in [4.78, 5) is 2.52. The number of piperidine rings is 1. The molecule has 1 heterocycles. The lowest BCUT2D eigenvalue weighted by molar-refractivity contribution is 0.154. The minimum atomic E-state index is -0.643. The van der Waals surface area contributed by atoms with Gasteiger partial charge < -0.3 is 10.6 Å². The van der Waals surface area contributed by atoms with E-state index in [0.29, 0.717) is 0 Å². The summed E-state index contributed by atoms with van der Waals surface area (Å²) in [7, 11) is 0. The van der Waals surface area contributed by atoms with Crippen molar-refractivity contribution in [1.82, 2.24) is 4.90 Å². The van der Waals surface area contributed by atoms with E-state index in [2.05, 4.69) is 24.8 Å². The molecule has 1 rings (SSSR count). The van der Waals surface area contributed by atoms with Crippen molar-refractivity contribution in [3.05, 3.63) is 0 Å². The van der Waals surface area contributed by atoms with Crippen LogP contribution in [0, 0.1) is 23.2 Å². The van der Waals surface area contributed by atoms with Crippen LogP contribution in [0.1, 0.15) is 46.5 Å². The first kappa shape index (κ1) is 14.5. The maximum Gasteiger partial charge on any atom is 0.101 e. The van der Waals surface area contributed by atoms with Crippen molar-refractivity contribution in [2.45, 2.75) is 52.0 Å². The SMILES string of the molecule is CC(C)C1CCN(CCCC(C)(N)C#N)CC1. The molecular formula is C14H27N3. The molecule has 1 fully saturated rings. The zero-order valence-electron chi connectivity index (χ0n) is 11.6. The molecule has 3 heteroatoms. The number of rotatable bonds is 5. The molecule has 3 nitrogen and oxygen atoms in total. The Kier molecular flexibility index (Phi) is 5.42. The number of nitrogens with zero attached hydrogens (tertiary/aromatic N) is 2. The second-order valence-corrected chi connectivity index (χ2v) is 6.06. The van der Waals surface area contributed by atoms with Crippen molar-refractivity contribution < 1.29 is 0 Å². The molecule has 0 aromatic heterocycles. The molecule has 0 aromatic carbocycles. The Morgan fingerprint density at radius 1 is 1.41 bits per heavy atom. The molecule has 98 valence electrons. The number of nitriles is 1. The third kappa shape index (κ3) is 5.06. The largest absolute Gasteiger partial charge is 0.314 e. The highest BCUT2D eigenvalue weighted by Gasteiger charge is 2.22. The van der Waals surface area contributed by atoms with Crippen molar-refractivity contribution in [3.8, 4) is 6.07 Å². The first-order valence-corrected chi connectivity index (χ1v) is 6.87. The van der Waals surface area contributed by atoms with E-state index in [1.54, 1.807) is 0 Å². The molecule has 0 aromatic rings. The molecule has 17 heavy (non-hydrogen) atoms. The van der Waals surface area contributed by atoms with Gasteiger partial charge >= 0.3 is 0 Å². The maximum atomic E-state index is 8.84. The van der Waals surface area contributed by atoms with E-state index in [4.69, 9.17) is 11.0 Å². The van der Waals surface area contributed by atoms with E-state index in [1.165, 1.54) is 25.9 Å². The van der Waals surface area contributed by atoms with Crippen LogP contribution in [0.3, 0.4) is 0 Å². The lowest BCUT2D eigenvalue weighted by Gasteiger charge is -2.34. The molecule has 1 unspecified atom stereocenters. The van der Waals surface area contributed by atoms with Crippen molar-refractivity contribution in [2.75, 3.05) is 19.6 Å². The van der Waals surface area contributed by atoms with Gasteiger partial charge in [0, 0.05) is 0 Å². The van der Waals surface area contributed by atoms with Gasteiger partial charge in [-0.15, -0.1) is 0 Å². The van der Waals surface area contributed by atoms with Gasteiger partial charge in [0.2, 0.25) is 0 Å². The fourth-order valence-corrected chi connectivity index (χ4v) is 2.57. The van der Waals surface area contributed by atoms with Gasteiger partial charge in [-0.1, -0.05) is 13.8 Å². The van der Waals surface area contributed by atoms with E-state index < -0.39 is 5.54 Å². The van der Waals surface area contributed by atoms with E-state index >= 15 is 0 Å². The van der Waals surface area contributed by atoms with Gasteiger partial charge in [0.1, 0.15) is 5.54 Å². The molecule has 0 spiro atoms. The van der Waals surface area contributed by atoms with Crippen molar-refractivity contribution in [1.29, 1.82) is 5.26 Å². The molecule has 0 amide bonds. The van der Waals surface area contributed by atoms with Crippen LogP contribution in [0.5, 0.6) is 0 Å². The minimum absolute atomic E-state index is 0.643. The Balaban J connectivity index is 2.17. The molecule has 1 aliphatic rings. The van der Waals surface area contributed by atoms with Gasteiger partial charge in [0.05, 0.1) is 6.07 Å². The molecular weight excluding hydrogens is 210 g/mol. The average molecular weight is 237 g/mol. The molecule has 0 aliphatic carbocycles. The molecule has 1 atom stereocenters. The Labute approximate surface area is 106 Å². The maximum absolute atomic E-state index is 8.84. The third-order valence-corrected chi connectivity index (χ3v) is 4.00. The Hall–Kier alpha value is -0.590. The number of hydrogen-bond donors (Lipinski definition) is 1.